The maximum absolute atomic E-state index is 12.9. The van der Waals surface area contributed by atoms with Gasteiger partial charge in [0, 0.05) is 53.9 Å². The van der Waals surface area contributed by atoms with E-state index in [1.165, 1.54) is 0 Å². The number of ether oxygens (including phenoxy) is 2. The third-order valence-electron chi connectivity index (χ3n) is 6.46. The number of fused-ring (bicyclic) bond motifs is 1. The van der Waals surface area contributed by atoms with E-state index in [0.29, 0.717) is 43.4 Å². The van der Waals surface area contributed by atoms with Crippen LogP contribution in [-0.4, -0.2) is 43.5 Å². The highest BCUT2D eigenvalue weighted by molar-refractivity contribution is 6.03. The van der Waals surface area contributed by atoms with Gasteiger partial charge in [-0.25, -0.2) is 0 Å². The van der Waals surface area contributed by atoms with E-state index >= 15 is 0 Å². The Bertz CT molecular complexity index is 1200. The van der Waals surface area contributed by atoms with Gasteiger partial charge in [-0.2, -0.15) is 0 Å². The molecule has 35 heavy (non-hydrogen) atoms. The highest BCUT2D eigenvalue weighted by atomic mass is 16.5. The molecule has 6 nitrogen and oxygen atoms in total. The molecular weight excluding hydrogens is 440 g/mol. The van der Waals surface area contributed by atoms with E-state index in [1.807, 2.05) is 30.3 Å². The number of aryl methyl sites for hydroxylation is 1. The lowest BCUT2D eigenvalue weighted by Crippen LogP contribution is -2.27. The quantitative estimate of drug-likeness (QED) is 0.273. The molecule has 1 saturated carbocycles. The number of rotatable bonds is 12. The van der Waals surface area contributed by atoms with E-state index in [1.54, 1.807) is 13.3 Å². The van der Waals surface area contributed by atoms with Crippen molar-refractivity contribution in [1.82, 2.24) is 10.3 Å². The van der Waals surface area contributed by atoms with Crippen molar-refractivity contribution in [3.8, 4) is 16.9 Å². The number of benzene rings is 2. The Balaban J connectivity index is 1.61. The van der Waals surface area contributed by atoms with E-state index in [4.69, 9.17) is 9.47 Å². The third kappa shape index (κ3) is 5.88. The summed E-state index contributed by atoms with van der Waals surface area (Å²) < 4.78 is 11.1. The lowest BCUT2D eigenvalue weighted by Gasteiger charge is -2.15. The summed E-state index contributed by atoms with van der Waals surface area (Å²) in [6, 6.07) is 11.5. The van der Waals surface area contributed by atoms with Gasteiger partial charge in [-0.3, -0.25) is 14.6 Å². The molecule has 6 heteroatoms. The van der Waals surface area contributed by atoms with Crippen LogP contribution in [0.15, 0.2) is 42.6 Å². The molecule has 0 bridgehead atoms. The van der Waals surface area contributed by atoms with Gasteiger partial charge < -0.3 is 14.8 Å². The number of ketones is 1. The van der Waals surface area contributed by atoms with Crippen LogP contribution in [0.1, 0.15) is 65.8 Å². The zero-order valence-electron chi connectivity index (χ0n) is 20.9. The lowest BCUT2D eigenvalue weighted by molar-refractivity contribution is 0.0914. The number of carbonyl (C=O) groups excluding carboxylic acids is 2. The molecule has 0 atom stereocenters. The average molecular weight is 475 g/mol. The van der Waals surface area contributed by atoms with Crippen LogP contribution in [-0.2, 0) is 11.2 Å². The summed E-state index contributed by atoms with van der Waals surface area (Å²) in [4.78, 5) is 30.0. The Morgan fingerprint density at radius 1 is 1.09 bits per heavy atom. The highest BCUT2D eigenvalue weighted by Crippen LogP contribution is 2.37. The van der Waals surface area contributed by atoms with Gasteiger partial charge in [0.2, 0.25) is 0 Å². The van der Waals surface area contributed by atoms with E-state index in [9.17, 15) is 9.59 Å². The topological polar surface area (TPSA) is 77.5 Å². The van der Waals surface area contributed by atoms with Crippen molar-refractivity contribution in [3.63, 3.8) is 0 Å². The molecule has 3 aromatic rings. The van der Waals surface area contributed by atoms with Crippen LogP contribution in [0.2, 0.25) is 0 Å². The Kier molecular flexibility index (Phi) is 8.13. The van der Waals surface area contributed by atoms with Gasteiger partial charge in [0.1, 0.15) is 5.75 Å². The largest absolute Gasteiger partial charge is 0.496 e. The first kappa shape index (κ1) is 24.9. The zero-order valence-corrected chi connectivity index (χ0v) is 20.9. The number of hydrogen-bond acceptors (Lipinski definition) is 5. The minimum absolute atomic E-state index is 0.126. The highest BCUT2D eigenvalue weighted by Gasteiger charge is 2.26. The van der Waals surface area contributed by atoms with E-state index in [2.05, 4.69) is 30.2 Å². The Hall–Kier alpha value is -3.25. The number of carbonyl (C=O) groups is 2. The Morgan fingerprint density at radius 2 is 1.86 bits per heavy atom. The number of pyridine rings is 1. The van der Waals surface area contributed by atoms with Gasteiger partial charge in [-0.1, -0.05) is 26.0 Å². The molecule has 1 fully saturated rings. The predicted octanol–water partition coefficient (Wildman–Crippen LogP) is 5.61. The standard InChI is InChI=1S/C29H34N2O4/c1-4-13-35-14-12-30-29(33)21-10-8-20(9-11-21)23-16-24-22(5-2)25(27(32)15-19-6-7-19)18-31-26(24)17-28(23)34-3/h8-11,16-19H,4-7,12-15H2,1-3H3,(H,30,33). The van der Waals surface area contributed by atoms with Crippen molar-refractivity contribution >= 4 is 22.6 Å². The van der Waals surface area contributed by atoms with Crippen molar-refractivity contribution in [3.05, 3.63) is 59.3 Å². The minimum Gasteiger partial charge on any atom is -0.496 e. The lowest BCUT2D eigenvalue weighted by atomic mass is 9.93. The molecule has 2 aromatic carbocycles. The van der Waals surface area contributed by atoms with Crippen LogP contribution in [0, 0.1) is 5.92 Å². The van der Waals surface area contributed by atoms with Crippen molar-refractivity contribution in [2.75, 3.05) is 26.9 Å². The van der Waals surface area contributed by atoms with E-state index in [0.717, 1.165) is 58.8 Å². The second kappa shape index (κ2) is 11.5. The van der Waals surface area contributed by atoms with Gasteiger partial charge in [-0.15, -0.1) is 0 Å². The smallest absolute Gasteiger partial charge is 0.251 e. The molecule has 184 valence electrons. The number of methoxy groups -OCH3 is 1. The summed E-state index contributed by atoms with van der Waals surface area (Å²) >= 11 is 0. The molecule has 0 aliphatic heterocycles. The fourth-order valence-electron chi connectivity index (χ4n) is 4.37. The van der Waals surface area contributed by atoms with Crippen molar-refractivity contribution in [2.24, 2.45) is 5.92 Å². The Labute approximate surface area is 207 Å². The van der Waals surface area contributed by atoms with Gasteiger partial charge in [-0.05, 0) is 60.9 Å². The summed E-state index contributed by atoms with van der Waals surface area (Å²) in [6.45, 7) is 5.81. The summed E-state index contributed by atoms with van der Waals surface area (Å²) in [6.07, 6.45) is 6.34. The SMILES string of the molecule is CCCOCCNC(=O)c1ccc(-c2cc3c(CC)c(C(=O)CC4CC4)cnc3cc2OC)cc1. The van der Waals surface area contributed by atoms with E-state index < -0.39 is 0 Å². The molecule has 1 amide bonds. The van der Waals surface area contributed by atoms with Crippen LogP contribution in [0.5, 0.6) is 5.75 Å². The molecule has 0 radical (unpaired) electrons. The molecule has 1 aliphatic carbocycles. The summed E-state index contributed by atoms with van der Waals surface area (Å²) in [5, 5.41) is 3.86. The second-order valence-electron chi connectivity index (χ2n) is 9.09. The second-order valence-corrected chi connectivity index (χ2v) is 9.09. The molecule has 0 spiro atoms. The predicted molar refractivity (Wildman–Crippen MR) is 138 cm³/mol. The molecule has 4 rings (SSSR count). The number of nitrogens with one attached hydrogen (secondary N) is 1. The molecule has 0 saturated heterocycles. The first-order chi connectivity index (χ1) is 17.0. The van der Waals surface area contributed by atoms with Crippen molar-refractivity contribution in [1.29, 1.82) is 0 Å². The van der Waals surface area contributed by atoms with Crippen LogP contribution in [0.4, 0.5) is 0 Å². The summed E-state index contributed by atoms with van der Waals surface area (Å²) in [7, 11) is 1.64. The number of Topliss-reactive ketones (excluding diaryl/α,β-unsaturated/α-hetero) is 1. The van der Waals surface area contributed by atoms with Crippen LogP contribution < -0.4 is 10.1 Å². The summed E-state index contributed by atoms with van der Waals surface area (Å²) in [5.74, 6) is 1.30. The van der Waals surface area contributed by atoms with Crippen molar-refractivity contribution < 1.29 is 19.1 Å². The molecule has 1 heterocycles. The molecule has 1 aromatic heterocycles. The van der Waals surface area contributed by atoms with Crippen molar-refractivity contribution in [2.45, 2.75) is 46.0 Å². The monoisotopic (exact) mass is 474 g/mol. The molecule has 1 aliphatic rings. The third-order valence-corrected chi connectivity index (χ3v) is 6.46. The first-order valence-electron chi connectivity index (χ1n) is 12.5. The van der Waals surface area contributed by atoms with Gasteiger partial charge >= 0.3 is 0 Å². The fourth-order valence-corrected chi connectivity index (χ4v) is 4.37. The average Bonchev–Trinajstić information content (AvgIpc) is 3.70. The van der Waals surface area contributed by atoms with Crippen LogP contribution >= 0.6 is 0 Å². The van der Waals surface area contributed by atoms with Crippen LogP contribution in [0.3, 0.4) is 0 Å². The first-order valence-corrected chi connectivity index (χ1v) is 12.5. The van der Waals surface area contributed by atoms with Crippen LogP contribution in [0.25, 0.3) is 22.0 Å². The maximum atomic E-state index is 12.9. The number of amides is 1. The van der Waals surface area contributed by atoms with Gasteiger partial charge in [0.25, 0.3) is 5.91 Å². The minimum atomic E-state index is -0.126. The summed E-state index contributed by atoms with van der Waals surface area (Å²) in [5.41, 5.74) is 5.01. The molecular formula is C29H34N2O4. The molecule has 1 N–H and O–H groups in total. The Morgan fingerprint density at radius 3 is 2.51 bits per heavy atom. The normalized spacial score (nSPS) is 13.1. The zero-order chi connectivity index (χ0) is 24.8. The number of aromatic nitrogens is 1. The van der Waals surface area contributed by atoms with Gasteiger partial charge in [0.15, 0.2) is 5.78 Å². The molecule has 0 unspecified atom stereocenters. The number of nitrogens with zero attached hydrogens (tertiary/aromatic N) is 1. The number of hydrogen-bond donors (Lipinski definition) is 1. The fraction of sp³-hybridized carbons (Fsp3) is 0.414. The van der Waals surface area contributed by atoms with E-state index in [-0.39, 0.29) is 11.7 Å². The van der Waals surface area contributed by atoms with Gasteiger partial charge in [0.05, 0.1) is 19.2 Å². The maximum Gasteiger partial charge on any atom is 0.251 e.